The minimum Gasteiger partial charge on any atom is -0.426 e. The fourth-order valence-electron chi connectivity index (χ4n) is 2.74. The second-order valence-electron chi connectivity index (χ2n) is 6.02. The molecular formula is C17H18N4O3. The number of nitrogens with one attached hydrogen (secondary N) is 1. The Kier molecular flexibility index (Phi) is 3.68. The van der Waals surface area contributed by atoms with Crippen molar-refractivity contribution in [1.29, 1.82) is 0 Å². The Balaban J connectivity index is 1.56. The van der Waals surface area contributed by atoms with E-state index in [0.29, 0.717) is 29.7 Å². The summed E-state index contributed by atoms with van der Waals surface area (Å²) in [6.07, 6.45) is 3.61. The van der Waals surface area contributed by atoms with Gasteiger partial charge < -0.3 is 14.5 Å². The van der Waals surface area contributed by atoms with Gasteiger partial charge in [-0.05, 0) is 37.8 Å². The number of para-hydroxylation sites is 1. The van der Waals surface area contributed by atoms with Gasteiger partial charge in [-0.25, -0.2) is 0 Å². The van der Waals surface area contributed by atoms with Crippen LogP contribution in [0.1, 0.15) is 35.5 Å². The monoisotopic (exact) mass is 326 g/mol. The van der Waals surface area contributed by atoms with E-state index in [2.05, 4.69) is 15.4 Å². The smallest absolute Gasteiger partial charge is 0.344 e. The summed E-state index contributed by atoms with van der Waals surface area (Å²) in [6, 6.07) is 9.37. The fraction of sp³-hybridized carbons (Fsp3) is 0.353. The van der Waals surface area contributed by atoms with Crippen molar-refractivity contribution in [3.05, 3.63) is 41.8 Å². The molecule has 124 valence electrons. The molecule has 3 aromatic rings. The number of hydrogen-bond donors (Lipinski definition) is 1. The van der Waals surface area contributed by atoms with Gasteiger partial charge >= 0.3 is 11.9 Å². The molecule has 0 saturated heterocycles. The highest BCUT2D eigenvalue weighted by Crippen LogP contribution is 2.25. The molecule has 2 aromatic heterocycles. The molecule has 0 radical (unpaired) electrons. The summed E-state index contributed by atoms with van der Waals surface area (Å²) in [5.74, 6) is 1.74. The van der Waals surface area contributed by atoms with E-state index in [9.17, 15) is 4.79 Å². The highest BCUT2D eigenvalue weighted by Gasteiger charge is 2.24. The average Bonchev–Trinajstić information content (AvgIpc) is 3.02. The summed E-state index contributed by atoms with van der Waals surface area (Å²) in [4.78, 5) is 16.6. The van der Waals surface area contributed by atoms with Gasteiger partial charge in [0.05, 0.1) is 0 Å². The number of rotatable bonds is 5. The molecule has 0 unspecified atom stereocenters. The van der Waals surface area contributed by atoms with E-state index >= 15 is 0 Å². The standard InChI is InChI=1S/C17H18N4O3/c1-11-14(15(22)18-10-12-6-5-7-12)21-17(23-11)19-16(20-21)24-13-8-3-2-4-9-13/h2-4,8-9,12H,5-7,10H2,1H3,(H,18,22). The second-order valence-corrected chi connectivity index (χ2v) is 6.02. The maximum atomic E-state index is 12.5. The predicted octanol–water partition coefficient (Wildman–Crippen LogP) is 2.95. The number of aromatic nitrogens is 3. The molecule has 1 saturated carbocycles. The van der Waals surface area contributed by atoms with E-state index in [4.69, 9.17) is 9.15 Å². The Labute approximate surface area is 138 Å². The van der Waals surface area contributed by atoms with Crippen molar-refractivity contribution >= 4 is 11.8 Å². The first kappa shape index (κ1) is 14.7. The lowest BCUT2D eigenvalue weighted by Crippen LogP contribution is -2.33. The Morgan fingerprint density at radius 1 is 1.38 bits per heavy atom. The summed E-state index contributed by atoms with van der Waals surface area (Å²) >= 11 is 0. The third kappa shape index (κ3) is 2.73. The normalized spacial score (nSPS) is 14.5. The largest absolute Gasteiger partial charge is 0.426 e. The van der Waals surface area contributed by atoms with Crippen molar-refractivity contribution in [1.82, 2.24) is 19.9 Å². The molecule has 0 bridgehead atoms. The van der Waals surface area contributed by atoms with E-state index < -0.39 is 0 Å². The highest BCUT2D eigenvalue weighted by molar-refractivity contribution is 5.93. The van der Waals surface area contributed by atoms with Crippen LogP contribution in [-0.4, -0.2) is 27.0 Å². The van der Waals surface area contributed by atoms with E-state index in [-0.39, 0.29) is 17.8 Å². The first-order valence-corrected chi connectivity index (χ1v) is 8.08. The van der Waals surface area contributed by atoms with E-state index in [1.54, 1.807) is 19.1 Å². The summed E-state index contributed by atoms with van der Waals surface area (Å²) in [5, 5.41) is 7.19. The molecule has 1 aliphatic carbocycles. The molecular weight excluding hydrogens is 308 g/mol. The Morgan fingerprint density at radius 2 is 2.17 bits per heavy atom. The van der Waals surface area contributed by atoms with Gasteiger partial charge in [0.25, 0.3) is 5.91 Å². The van der Waals surface area contributed by atoms with Crippen LogP contribution in [0.25, 0.3) is 5.84 Å². The summed E-state index contributed by atoms with van der Waals surface area (Å²) in [7, 11) is 0. The summed E-state index contributed by atoms with van der Waals surface area (Å²) in [5.41, 5.74) is 0.361. The number of fused-ring (bicyclic) bond motifs is 1. The minimum absolute atomic E-state index is 0.146. The van der Waals surface area contributed by atoms with Gasteiger partial charge in [-0.2, -0.15) is 4.52 Å². The Morgan fingerprint density at radius 3 is 2.88 bits per heavy atom. The predicted molar refractivity (Wildman–Crippen MR) is 86.2 cm³/mol. The number of nitrogens with zero attached hydrogens (tertiary/aromatic N) is 3. The number of aryl methyl sites for hydroxylation is 1. The Hall–Kier alpha value is -2.83. The van der Waals surface area contributed by atoms with E-state index in [1.165, 1.54) is 23.8 Å². The molecule has 0 atom stereocenters. The van der Waals surface area contributed by atoms with Gasteiger partial charge in [-0.1, -0.05) is 24.6 Å². The van der Waals surface area contributed by atoms with Crippen molar-refractivity contribution in [3.8, 4) is 11.8 Å². The van der Waals surface area contributed by atoms with Crippen LogP contribution in [-0.2, 0) is 0 Å². The van der Waals surface area contributed by atoms with Crippen LogP contribution >= 0.6 is 0 Å². The highest BCUT2D eigenvalue weighted by atomic mass is 16.5. The van der Waals surface area contributed by atoms with Crippen molar-refractivity contribution in [2.45, 2.75) is 26.2 Å². The van der Waals surface area contributed by atoms with Gasteiger partial charge in [0.15, 0.2) is 5.69 Å². The van der Waals surface area contributed by atoms with Crippen LogP contribution in [0.2, 0.25) is 0 Å². The molecule has 4 rings (SSSR count). The molecule has 2 heterocycles. The third-order valence-electron chi connectivity index (χ3n) is 4.29. The van der Waals surface area contributed by atoms with Gasteiger partial charge in [-0.3, -0.25) is 4.79 Å². The molecule has 1 aliphatic rings. The molecule has 1 fully saturated rings. The van der Waals surface area contributed by atoms with Crippen molar-refractivity contribution in [2.24, 2.45) is 5.92 Å². The molecule has 1 amide bonds. The number of amides is 1. The van der Waals surface area contributed by atoms with Gasteiger partial charge in [-0.15, -0.1) is 10.1 Å². The quantitative estimate of drug-likeness (QED) is 0.779. The van der Waals surface area contributed by atoms with Gasteiger partial charge in [0, 0.05) is 6.54 Å². The number of hydrogen-bond acceptors (Lipinski definition) is 5. The van der Waals surface area contributed by atoms with Gasteiger partial charge in [0.2, 0.25) is 0 Å². The van der Waals surface area contributed by atoms with Crippen LogP contribution in [0.3, 0.4) is 0 Å². The maximum Gasteiger partial charge on any atom is 0.344 e. The molecule has 1 N–H and O–H groups in total. The lowest BCUT2D eigenvalue weighted by Gasteiger charge is -2.25. The van der Waals surface area contributed by atoms with Crippen molar-refractivity contribution in [2.75, 3.05) is 6.54 Å². The third-order valence-corrected chi connectivity index (χ3v) is 4.29. The first-order valence-electron chi connectivity index (χ1n) is 8.08. The summed E-state index contributed by atoms with van der Waals surface area (Å²) < 4.78 is 12.5. The van der Waals surface area contributed by atoms with Crippen molar-refractivity contribution < 1.29 is 13.9 Å². The number of benzene rings is 1. The topological polar surface area (TPSA) is 81.7 Å². The van der Waals surface area contributed by atoms with Crippen LogP contribution in [0.15, 0.2) is 34.7 Å². The van der Waals surface area contributed by atoms with E-state index in [0.717, 1.165) is 0 Å². The van der Waals surface area contributed by atoms with Crippen LogP contribution in [0, 0.1) is 12.8 Å². The number of ether oxygens (including phenoxy) is 1. The first-order chi connectivity index (χ1) is 11.7. The lowest BCUT2D eigenvalue weighted by atomic mass is 9.85. The number of carbonyl (C=O) groups is 1. The lowest BCUT2D eigenvalue weighted by molar-refractivity contribution is 0.0930. The van der Waals surface area contributed by atoms with Crippen LogP contribution < -0.4 is 10.1 Å². The van der Waals surface area contributed by atoms with Crippen LogP contribution in [0.5, 0.6) is 11.8 Å². The average molecular weight is 326 g/mol. The molecule has 7 nitrogen and oxygen atoms in total. The van der Waals surface area contributed by atoms with E-state index in [1.807, 2.05) is 18.2 Å². The number of carbonyl (C=O) groups excluding carboxylic acids is 1. The molecule has 7 heteroatoms. The minimum atomic E-state index is -0.200. The SMILES string of the molecule is Cc1oc2nc(Oc3ccccc3)nn2c1C(=O)NCC1CCC1. The zero-order chi connectivity index (χ0) is 16.5. The van der Waals surface area contributed by atoms with Crippen LogP contribution in [0.4, 0.5) is 0 Å². The Bertz CT molecular complexity index is 865. The fourth-order valence-corrected chi connectivity index (χ4v) is 2.74. The zero-order valence-electron chi connectivity index (χ0n) is 13.4. The molecule has 0 spiro atoms. The molecule has 1 aromatic carbocycles. The second kappa shape index (κ2) is 5.99. The maximum absolute atomic E-state index is 12.5. The summed E-state index contributed by atoms with van der Waals surface area (Å²) in [6.45, 7) is 2.42. The number of oxazole rings is 1. The van der Waals surface area contributed by atoms with Crippen molar-refractivity contribution in [3.63, 3.8) is 0 Å². The van der Waals surface area contributed by atoms with Gasteiger partial charge in [0.1, 0.15) is 11.5 Å². The molecule has 24 heavy (non-hydrogen) atoms. The zero-order valence-corrected chi connectivity index (χ0v) is 13.4. The molecule has 0 aliphatic heterocycles.